The van der Waals surface area contributed by atoms with Crippen LogP contribution in [0.5, 0.6) is 0 Å². The first-order chi connectivity index (χ1) is 6.31. The number of nitrogens with zero attached hydrogens (tertiary/aromatic N) is 1. The highest BCUT2D eigenvalue weighted by atomic mass is 15.1. The Morgan fingerprint density at radius 3 is 3.15 bits per heavy atom. The van der Waals surface area contributed by atoms with Gasteiger partial charge >= 0.3 is 0 Å². The molecule has 0 unspecified atom stereocenters. The van der Waals surface area contributed by atoms with Gasteiger partial charge in [-0.2, -0.15) is 5.10 Å². The van der Waals surface area contributed by atoms with Gasteiger partial charge in [-0.05, 0) is 17.7 Å². The molecule has 66 valence electrons. The molecule has 1 aromatic carbocycles. The zero-order chi connectivity index (χ0) is 9.26. The summed E-state index contributed by atoms with van der Waals surface area (Å²) >= 11 is 0. The van der Waals surface area contributed by atoms with Crippen molar-refractivity contribution in [1.82, 2.24) is 10.2 Å². The van der Waals surface area contributed by atoms with E-state index < -0.39 is 0 Å². The first-order valence-electron chi connectivity index (χ1n) is 4.12. The SMILES string of the molecule is C=C[C@@H](N)c1ccc2[nH]ncc2c1. The molecule has 2 aromatic rings. The summed E-state index contributed by atoms with van der Waals surface area (Å²) in [6.45, 7) is 3.66. The molecule has 0 aliphatic carbocycles. The third-order valence-corrected chi connectivity index (χ3v) is 2.10. The van der Waals surface area contributed by atoms with Crippen LogP contribution in [0.1, 0.15) is 11.6 Å². The molecule has 0 radical (unpaired) electrons. The molecule has 3 nitrogen and oxygen atoms in total. The van der Waals surface area contributed by atoms with Gasteiger partial charge in [0, 0.05) is 11.4 Å². The fraction of sp³-hybridized carbons (Fsp3) is 0.100. The molecule has 1 atom stereocenters. The van der Waals surface area contributed by atoms with E-state index in [0.717, 1.165) is 16.5 Å². The number of aromatic amines is 1. The van der Waals surface area contributed by atoms with Crippen LogP contribution in [0.4, 0.5) is 0 Å². The number of benzene rings is 1. The second-order valence-corrected chi connectivity index (χ2v) is 2.98. The van der Waals surface area contributed by atoms with Gasteiger partial charge in [-0.3, -0.25) is 5.10 Å². The summed E-state index contributed by atoms with van der Waals surface area (Å²) in [7, 11) is 0. The number of H-pyrrole nitrogens is 1. The van der Waals surface area contributed by atoms with E-state index in [1.807, 2.05) is 18.2 Å². The predicted molar refractivity (Wildman–Crippen MR) is 53.2 cm³/mol. The molecule has 0 saturated heterocycles. The number of nitrogens with one attached hydrogen (secondary N) is 1. The number of nitrogens with two attached hydrogens (primary N) is 1. The molecule has 1 aromatic heterocycles. The molecule has 2 rings (SSSR count). The van der Waals surface area contributed by atoms with Crippen molar-refractivity contribution in [3.63, 3.8) is 0 Å². The van der Waals surface area contributed by atoms with Gasteiger partial charge in [0.25, 0.3) is 0 Å². The lowest BCUT2D eigenvalue weighted by Crippen LogP contribution is -2.05. The van der Waals surface area contributed by atoms with Gasteiger partial charge in [0.15, 0.2) is 0 Å². The summed E-state index contributed by atoms with van der Waals surface area (Å²) in [4.78, 5) is 0. The zero-order valence-electron chi connectivity index (χ0n) is 7.20. The van der Waals surface area contributed by atoms with Gasteiger partial charge in [-0.1, -0.05) is 12.1 Å². The van der Waals surface area contributed by atoms with Crippen LogP contribution in [-0.2, 0) is 0 Å². The van der Waals surface area contributed by atoms with E-state index in [0.29, 0.717) is 0 Å². The predicted octanol–water partition coefficient (Wildman–Crippen LogP) is 1.75. The summed E-state index contributed by atoms with van der Waals surface area (Å²) < 4.78 is 0. The van der Waals surface area contributed by atoms with Crippen molar-refractivity contribution in [2.45, 2.75) is 6.04 Å². The minimum atomic E-state index is -0.0979. The van der Waals surface area contributed by atoms with Crippen LogP contribution in [0.2, 0.25) is 0 Å². The standard InChI is InChI=1S/C10H11N3/c1-2-9(11)7-3-4-10-8(5-7)6-12-13-10/h2-6,9H,1,11H2,(H,12,13)/t9-/m1/s1. The highest BCUT2D eigenvalue weighted by molar-refractivity contribution is 5.78. The molecule has 0 aliphatic heterocycles. The Balaban J connectivity index is 2.53. The van der Waals surface area contributed by atoms with E-state index in [9.17, 15) is 0 Å². The summed E-state index contributed by atoms with van der Waals surface area (Å²) in [6, 6.07) is 5.87. The second kappa shape index (κ2) is 3.03. The van der Waals surface area contributed by atoms with Crippen molar-refractivity contribution in [2.24, 2.45) is 5.73 Å². The Hall–Kier alpha value is -1.61. The van der Waals surface area contributed by atoms with Crippen molar-refractivity contribution >= 4 is 10.9 Å². The van der Waals surface area contributed by atoms with E-state index >= 15 is 0 Å². The molecular formula is C10H11N3. The Labute approximate surface area is 76.3 Å². The fourth-order valence-electron chi connectivity index (χ4n) is 1.30. The van der Waals surface area contributed by atoms with Crippen LogP contribution in [0.15, 0.2) is 37.1 Å². The van der Waals surface area contributed by atoms with Crippen LogP contribution in [0.3, 0.4) is 0 Å². The molecule has 0 saturated carbocycles. The molecule has 0 bridgehead atoms. The quantitative estimate of drug-likeness (QED) is 0.680. The molecule has 0 fully saturated rings. The maximum absolute atomic E-state index is 5.81. The molecule has 0 aliphatic rings. The normalized spacial score (nSPS) is 13.0. The summed E-state index contributed by atoms with van der Waals surface area (Å²) in [6.07, 6.45) is 3.51. The highest BCUT2D eigenvalue weighted by Crippen LogP contribution is 2.17. The van der Waals surface area contributed by atoms with Gasteiger partial charge in [0.1, 0.15) is 0 Å². The largest absolute Gasteiger partial charge is 0.321 e. The van der Waals surface area contributed by atoms with Crippen LogP contribution in [-0.4, -0.2) is 10.2 Å². The van der Waals surface area contributed by atoms with Crippen molar-refractivity contribution < 1.29 is 0 Å². The average molecular weight is 173 g/mol. The Morgan fingerprint density at radius 1 is 1.54 bits per heavy atom. The molecular weight excluding hydrogens is 162 g/mol. The van der Waals surface area contributed by atoms with E-state index in [4.69, 9.17) is 5.73 Å². The first-order valence-corrected chi connectivity index (χ1v) is 4.12. The lowest BCUT2D eigenvalue weighted by atomic mass is 10.1. The number of hydrogen-bond donors (Lipinski definition) is 2. The van der Waals surface area contributed by atoms with Crippen LogP contribution >= 0.6 is 0 Å². The minimum absolute atomic E-state index is 0.0979. The second-order valence-electron chi connectivity index (χ2n) is 2.98. The summed E-state index contributed by atoms with van der Waals surface area (Å²) in [5.41, 5.74) is 7.89. The molecule has 1 heterocycles. The molecule has 0 amide bonds. The number of hydrogen-bond acceptors (Lipinski definition) is 2. The Kier molecular flexibility index (Phi) is 1.87. The smallest absolute Gasteiger partial charge is 0.0650 e. The maximum atomic E-state index is 5.81. The summed E-state index contributed by atoms with van der Waals surface area (Å²) in [5, 5.41) is 7.90. The Morgan fingerprint density at radius 2 is 2.38 bits per heavy atom. The van der Waals surface area contributed by atoms with Crippen molar-refractivity contribution in [3.05, 3.63) is 42.6 Å². The maximum Gasteiger partial charge on any atom is 0.0650 e. The Bertz CT molecular complexity index is 430. The third-order valence-electron chi connectivity index (χ3n) is 2.10. The third kappa shape index (κ3) is 1.34. The van der Waals surface area contributed by atoms with Crippen LogP contribution in [0, 0.1) is 0 Å². The summed E-state index contributed by atoms with van der Waals surface area (Å²) in [5.74, 6) is 0. The van der Waals surface area contributed by atoms with Gasteiger partial charge in [0.2, 0.25) is 0 Å². The highest BCUT2D eigenvalue weighted by Gasteiger charge is 2.02. The molecule has 3 N–H and O–H groups in total. The van der Waals surface area contributed by atoms with Gasteiger partial charge in [0.05, 0.1) is 11.7 Å². The van der Waals surface area contributed by atoms with Gasteiger partial charge in [-0.25, -0.2) is 0 Å². The van der Waals surface area contributed by atoms with Crippen LogP contribution < -0.4 is 5.73 Å². The molecule has 3 heteroatoms. The topological polar surface area (TPSA) is 54.7 Å². The number of rotatable bonds is 2. The lowest BCUT2D eigenvalue weighted by Gasteiger charge is -2.05. The van der Waals surface area contributed by atoms with Crippen molar-refractivity contribution in [1.29, 1.82) is 0 Å². The van der Waals surface area contributed by atoms with Gasteiger partial charge < -0.3 is 5.73 Å². The number of aromatic nitrogens is 2. The molecule has 13 heavy (non-hydrogen) atoms. The fourth-order valence-corrected chi connectivity index (χ4v) is 1.30. The average Bonchev–Trinajstić information content (AvgIpc) is 2.63. The number of fused-ring (bicyclic) bond motifs is 1. The lowest BCUT2D eigenvalue weighted by molar-refractivity contribution is 0.917. The van der Waals surface area contributed by atoms with Crippen LogP contribution in [0.25, 0.3) is 10.9 Å². The monoisotopic (exact) mass is 173 g/mol. The van der Waals surface area contributed by atoms with Crippen molar-refractivity contribution in [2.75, 3.05) is 0 Å². The first kappa shape index (κ1) is 8.01. The van der Waals surface area contributed by atoms with E-state index in [2.05, 4.69) is 16.8 Å². The van der Waals surface area contributed by atoms with E-state index in [-0.39, 0.29) is 6.04 Å². The zero-order valence-corrected chi connectivity index (χ0v) is 7.20. The van der Waals surface area contributed by atoms with E-state index in [1.54, 1.807) is 12.3 Å². The van der Waals surface area contributed by atoms with Crippen molar-refractivity contribution in [3.8, 4) is 0 Å². The van der Waals surface area contributed by atoms with E-state index in [1.165, 1.54) is 0 Å². The van der Waals surface area contributed by atoms with Gasteiger partial charge in [-0.15, -0.1) is 6.58 Å². The molecule has 0 spiro atoms. The minimum Gasteiger partial charge on any atom is -0.321 e.